The summed E-state index contributed by atoms with van der Waals surface area (Å²) in [7, 11) is 0. The van der Waals surface area contributed by atoms with Gasteiger partial charge in [-0.25, -0.2) is 4.68 Å². The van der Waals surface area contributed by atoms with Gasteiger partial charge in [0.1, 0.15) is 5.82 Å². The summed E-state index contributed by atoms with van der Waals surface area (Å²) in [5.74, 6) is 0.385. The highest BCUT2D eigenvalue weighted by atomic mass is 16.2. The number of nitrogens with one attached hydrogen (secondary N) is 1. The summed E-state index contributed by atoms with van der Waals surface area (Å²) in [5, 5.41) is 7.62. The molecule has 2 rings (SSSR count). The topological polar surface area (TPSA) is 67.2 Å². The number of para-hydroxylation sites is 1. The molecule has 0 bridgehead atoms. The summed E-state index contributed by atoms with van der Waals surface area (Å²) >= 11 is 0. The van der Waals surface area contributed by atoms with Crippen LogP contribution in [0.5, 0.6) is 0 Å². The van der Waals surface area contributed by atoms with Crippen LogP contribution in [-0.4, -0.2) is 39.6 Å². The molecule has 0 spiro atoms. The molecule has 146 valence electrons. The molecule has 1 aromatic carbocycles. The standard InChI is InChI=1S/C21H30N4O2/c1-6-11-20(27)24(7-2)15-19(26)22-18-14-17(21(3,4)5)23-25(18)16-12-9-8-10-13-16/h8-10,12-14H,6-7,11,15H2,1-5H3,(H,22,26). The Kier molecular flexibility index (Phi) is 6.77. The number of hydrogen-bond acceptors (Lipinski definition) is 3. The van der Waals surface area contributed by atoms with E-state index in [1.54, 1.807) is 9.58 Å². The minimum absolute atomic E-state index is 0.00194. The summed E-state index contributed by atoms with van der Waals surface area (Å²) < 4.78 is 1.74. The van der Waals surface area contributed by atoms with Crippen molar-refractivity contribution in [3.63, 3.8) is 0 Å². The number of anilines is 1. The quantitative estimate of drug-likeness (QED) is 0.807. The van der Waals surface area contributed by atoms with E-state index >= 15 is 0 Å². The van der Waals surface area contributed by atoms with E-state index in [0.29, 0.717) is 18.8 Å². The number of nitrogens with zero attached hydrogens (tertiary/aromatic N) is 3. The second kappa shape index (κ2) is 8.84. The van der Waals surface area contributed by atoms with Crippen LogP contribution in [0.3, 0.4) is 0 Å². The van der Waals surface area contributed by atoms with Gasteiger partial charge in [0, 0.05) is 24.4 Å². The van der Waals surface area contributed by atoms with Gasteiger partial charge in [0.05, 0.1) is 17.9 Å². The molecule has 0 aliphatic heterocycles. The van der Waals surface area contributed by atoms with E-state index in [4.69, 9.17) is 5.10 Å². The maximum atomic E-state index is 12.6. The molecule has 1 N–H and O–H groups in total. The number of aromatic nitrogens is 2. The third-order valence-electron chi connectivity index (χ3n) is 4.28. The Balaban J connectivity index is 2.25. The van der Waals surface area contributed by atoms with Crippen LogP contribution in [0, 0.1) is 0 Å². The van der Waals surface area contributed by atoms with Crippen molar-refractivity contribution in [2.45, 2.75) is 52.9 Å². The van der Waals surface area contributed by atoms with E-state index in [0.717, 1.165) is 17.8 Å². The van der Waals surface area contributed by atoms with E-state index in [9.17, 15) is 9.59 Å². The van der Waals surface area contributed by atoms with Crippen molar-refractivity contribution < 1.29 is 9.59 Å². The van der Waals surface area contributed by atoms with Crippen LogP contribution in [0.15, 0.2) is 36.4 Å². The number of benzene rings is 1. The zero-order valence-corrected chi connectivity index (χ0v) is 17.0. The fourth-order valence-electron chi connectivity index (χ4n) is 2.71. The highest BCUT2D eigenvalue weighted by Gasteiger charge is 2.22. The van der Waals surface area contributed by atoms with Gasteiger partial charge in [-0.05, 0) is 25.5 Å². The first-order chi connectivity index (χ1) is 12.8. The fraction of sp³-hybridized carbons (Fsp3) is 0.476. The van der Waals surface area contributed by atoms with Gasteiger partial charge in [0.2, 0.25) is 11.8 Å². The number of likely N-dealkylation sites (N-methyl/N-ethyl adjacent to an activating group) is 1. The fourth-order valence-corrected chi connectivity index (χ4v) is 2.71. The molecule has 1 heterocycles. The van der Waals surface area contributed by atoms with Crippen LogP contribution >= 0.6 is 0 Å². The molecule has 0 saturated heterocycles. The second-order valence-electron chi connectivity index (χ2n) is 7.62. The molecular weight excluding hydrogens is 340 g/mol. The first kappa shape index (κ1) is 20.7. The van der Waals surface area contributed by atoms with Gasteiger partial charge < -0.3 is 10.2 Å². The van der Waals surface area contributed by atoms with Gasteiger partial charge in [0.15, 0.2) is 0 Å². The highest BCUT2D eigenvalue weighted by Crippen LogP contribution is 2.26. The molecule has 27 heavy (non-hydrogen) atoms. The monoisotopic (exact) mass is 370 g/mol. The highest BCUT2D eigenvalue weighted by molar-refractivity contribution is 5.94. The third kappa shape index (κ3) is 5.42. The summed E-state index contributed by atoms with van der Waals surface area (Å²) in [6, 6.07) is 11.6. The van der Waals surface area contributed by atoms with Gasteiger partial charge in [-0.15, -0.1) is 0 Å². The van der Waals surface area contributed by atoms with E-state index in [-0.39, 0.29) is 23.8 Å². The molecule has 2 aromatic rings. The van der Waals surface area contributed by atoms with Crippen molar-refractivity contribution >= 4 is 17.6 Å². The molecule has 0 unspecified atom stereocenters. The largest absolute Gasteiger partial charge is 0.334 e. The van der Waals surface area contributed by atoms with Crippen molar-refractivity contribution in [2.24, 2.45) is 0 Å². The minimum Gasteiger partial charge on any atom is -0.334 e. The van der Waals surface area contributed by atoms with Gasteiger partial charge in [-0.2, -0.15) is 5.10 Å². The van der Waals surface area contributed by atoms with Crippen molar-refractivity contribution in [2.75, 3.05) is 18.4 Å². The molecule has 6 nitrogen and oxygen atoms in total. The van der Waals surface area contributed by atoms with E-state index in [1.807, 2.05) is 50.2 Å². The van der Waals surface area contributed by atoms with Crippen LogP contribution in [0.25, 0.3) is 5.69 Å². The first-order valence-corrected chi connectivity index (χ1v) is 9.49. The maximum Gasteiger partial charge on any atom is 0.245 e. The molecule has 1 aromatic heterocycles. The third-order valence-corrected chi connectivity index (χ3v) is 4.28. The Morgan fingerprint density at radius 2 is 1.81 bits per heavy atom. The number of amides is 2. The lowest BCUT2D eigenvalue weighted by molar-refractivity contribution is -0.134. The van der Waals surface area contributed by atoms with Crippen LogP contribution in [0.1, 0.15) is 53.2 Å². The number of carbonyl (C=O) groups excluding carboxylic acids is 2. The lowest BCUT2D eigenvalue weighted by atomic mass is 9.92. The van der Waals surface area contributed by atoms with E-state index in [2.05, 4.69) is 26.1 Å². The van der Waals surface area contributed by atoms with Gasteiger partial charge in [-0.1, -0.05) is 45.9 Å². The van der Waals surface area contributed by atoms with Crippen molar-refractivity contribution in [1.82, 2.24) is 14.7 Å². The zero-order valence-electron chi connectivity index (χ0n) is 17.0. The molecule has 0 saturated carbocycles. The van der Waals surface area contributed by atoms with Crippen molar-refractivity contribution in [1.29, 1.82) is 0 Å². The smallest absolute Gasteiger partial charge is 0.245 e. The number of carbonyl (C=O) groups is 2. The molecule has 2 amide bonds. The summed E-state index contributed by atoms with van der Waals surface area (Å²) in [6.45, 7) is 10.6. The average Bonchev–Trinajstić information content (AvgIpc) is 3.04. The van der Waals surface area contributed by atoms with E-state index in [1.165, 1.54) is 0 Å². The number of hydrogen-bond donors (Lipinski definition) is 1. The molecule has 6 heteroatoms. The zero-order chi connectivity index (χ0) is 20.0. The molecule has 0 aliphatic carbocycles. The van der Waals surface area contributed by atoms with Crippen molar-refractivity contribution in [3.05, 3.63) is 42.1 Å². The van der Waals surface area contributed by atoms with Crippen LogP contribution < -0.4 is 5.32 Å². The Morgan fingerprint density at radius 1 is 1.15 bits per heavy atom. The first-order valence-electron chi connectivity index (χ1n) is 9.49. The normalized spacial score (nSPS) is 11.3. The van der Waals surface area contributed by atoms with Gasteiger partial charge in [0.25, 0.3) is 0 Å². The predicted octanol–water partition coefficient (Wildman–Crippen LogP) is 3.76. The summed E-state index contributed by atoms with van der Waals surface area (Å²) in [5.41, 5.74) is 1.61. The van der Waals surface area contributed by atoms with Crippen LogP contribution in [-0.2, 0) is 15.0 Å². The molecule has 0 radical (unpaired) electrons. The Labute approximate surface area is 161 Å². The molecule has 0 aliphatic rings. The van der Waals surface area contributed by atoms with Crippen molar-refractivity contribution in [3.8, 4) is 5.69 Å². The maximum absolute atomic E-state index is 12.6. The van der Waals surface area contributed by atoms with Gasteiger partial charge in [-0.3, -0.25) is 9.59 Å². The Hall–Kier alpha value is -2.63. The molecular formula is C21H30N4O2. The number of rotatable bonds is 7. The predicted molar refractivity (Wildman–Crippen MR) is 108 cm³/mol. The SMILES string of the molecule is CCCC(=O)N(CC)CC(=O)Nc1cc(C(C)(C)C)nn1-c1ccccc1. The van der Waals surface area contributed by atoms with E-state index < -0.39 is 0 Å². The van der Waals surface area contributed by atoms with Crippen LogP contribution in [0.2, 0.25) is 0 Å². The lowest BCUT2D eigenvalue weighted by Gasteiger charge is -2.20. The average molecular weight is 370 g/mol. The minimum atomic E-state index is -0.223. The molecule has 0 fully saturated rings. The lowest BCUT2D eigenvalue weighted by Crippen LogP contribution is -2.37. The second-order valence-corrected chi connectivity index (χ2v) is 7.62. The Bertz CT molecular complexity index is 775. The van der Waals surface area contributed by atoms with Gasteiger partial charge >= 0.3 is 0 Å². The Morgan fingerprint density at radius 3 is 2.37 bits per heavy atom. The summed E-state index contributed by atoms with van der Waals surface area (Å²) in [4.78, 5) is 26.3. The van der Waals surface area contributed by atoms with Crippen LogP contribution in [0.4, 0.5) is 5.82 Å². The molecule has 0 atom stereocenters. The summed E-state index contributed by atoms with van der Waals surface area (Å²) in [6.07, 6.45) is 1.23.